The fourth-order valence-electron chi connectivity index (χ4n) is 2.42. The van der Waals surface area contributed by atoms with Crippen LogP contribution < -0.4 is 10.6 Å². The van der Waals surface area contributed by atoms with Crippen molar-refractivity contribution in [3.8, 4) is 0 Å². The van der Waals surface area contributed by atoms with Gasteiger partial charge in [0, 0.05) is 6.54 Å². The molecule has 0 bridgehead atoms. The summed E-state index contributed by atoms with van der Waals surface area (Å²) < 4.78 is 0. The van der Waals surface area contributed by atoms with Gasteiger partial charge in [-0.15, -0.1) is 0 Å². The van der Waals surface area contributed by atoms with E-state index in [1.54, 1.807) is 12.1 Å². The highest BCUT2D eigenvalue weighted by molar-refractivity contribution is 6.33. The highest BCUT2D eigenvalue weighted by atomic mass is 35.5. The number of nitrogens with one attached hydrogen (secondary N) is 2. The van der Waals surface area contributed by atoms with E-state index in [0.717, 1.165) is 6.54 Å². The summed E-state index contributed by atoms with van der Waals surface area (Å²) in [7, 11) is 0. The molecule has 0 aromatic heterocycles. The Kier molecular flexibility index (Phi) is 3.72. The van der Waals surface area contributed by atoms with Gasteiger partial charge in [-0.25, -0.2) is 0 Å². The van der Waals surface area contributed by atoms with E-state index in [-0.39, 0.29) is 11.9 Å². The number of anilines is 1. The van der Waals surface area contributed by atoms with Crippen molar-refractivity contribution in [3.05, 3.63) is 64.7 Å². The number of fused-ring (bicyclic) bond motifs is 1. The molecule has 2 N–H and O–H groups in total. The van der Waals surface area contributed by atoms with Gasteiger partial charge in [0.15, 0.2) is 0 Å². The van der Waals surface area contributed by atoms with Gasteiger partial charge in [0.1, 0.15) is 0 Å². The SMILES string of the molecule is O=C(Nc1ccccc1Cl)[C@@H]1Cc2ccccc2CN1. The quantitative estimate of drug-likeness (QED) is 0.891. The van der Waals surface area contributed by atoms with Crippen LogP contribution in [-0.2, 0) is 17.8 Å². The van der Waals surface area contributed by atoms with Crippen LogP contribution in [0, 0.1) is 0 Å². The number of benzene rings is 2. The van der Waals surface area contributed by atoms with Gasteiger partial charge in [-0.3, -0.25) is 4.79 Å². The minimum atomic E-state index is -0.221. The second-order valence-corrected chi connectivity index (χ2v) is 5.28. The van der Waals surface area contributed by atoms with Gasteiger partial charge in [-0.05, 0) is 29.7 Å². The highest BCUT2D eigenvalue weighted by Crippen LogP contribution is 2.22. The fraction of sp³-hybridized carbons (Fsp3) is 0.188. The number of carbonyl (C=O) groups excluding carboxylic acids is 1. The first-order chi connectivity index (χ1) is 9.74. The molecule has 3 rings (SSSR count). The maximum absolute atomic E-state index is 12.3. The summed E-state index contributed by atoms with van der Waals surface area (Å²) in [4.78, 5) is 12.3. The molecule has 0 fully saturated rings. The van der Waals surface area contributed by atoms with E-state index in [1.807, 2.05) is 24.3 Å². The third kappa shape index (κ3) is 2.69. The van der Waals surface area contributed by atoms with Crippen molar-refractivity contribution in [2.75, 3.05) is 5.32 Å². The van der Waals surface area contributed by atoms with E-state index in [2.05, 4.69) is 22.8 Å². The van der Waals surface area contributed by atoms with Crippen LogP contribution in [-0.4, -0.2) is 11.9 Å². The Morgan fingerprint density at radius 3 is 2.60 bits per heavy atom. The van der Waals surface area contributed by atoms with Crippen molar-refractivity contribution in [2.45, 2.75) is 19.0 Å². The number of carbonyl (C=O) groups is 1. The maximum Gasteiger partial charge on any atom is 0.241 e. The molecule has 0 aliphatic carbocycles. The van der Waals surface area contributed by atoms with E-state index in [9.17, 15) is 4.79 Å². The van der Waals surface area contributed by atoms with Crippen LogP contribution in [0.2, 0.25) is 5.02 Å². The van der Waals surface area contributed by atoms with Crippen LogP contribution in [0.3, 0.4) is 0 Å². The Hall–Kier alpha value is -1.84. The number of hydrogen-bond acceptors (Lipinski definition) is 2. The zero-order valence-electron chi connectivity index (χ0n) is 10.9. The van der Waals surface area contributed by atoms with Crippen molar-refractivity contribution in [1.29, 1.82) is 0 Å². The van der Waals surface area contributed by atoms with Crippen molar-refractivity contribution in [1.82, 2.24) is 5.32 Å². The van der Waals surface area contributed by atoms with Crippen LogP contribution in [0.5, 0.6) is 0 Å². The summed E-state index contributed by atoms with van der Waals surface area (Å²) in [5.41, 5.74) is 3.14. The molecule has 1 atom stereocenters. The molecule has 3 nitrogen and oxygen atoms in total. The average molecular weight is 287 g/mol. The minimum Gasteiger partial charge on any atom is -0.323 e. The third-order valence-electron chi connectivity index (χ3n) is 3.53. The van der Waals surface area contributed by atoms with Gasteiger partial charge < -0.3 is 10.6 Å². The van der Waals surface area contributed by atoms with E-state index in [0.29, 0.717) is 17.1 Å². The molecule has 1 heterocycles. The molecule has 0 saturated heterocycles. The van der Waals surface area contributed by atoms with Gasteiger partial charge in [0.2, 0.25) is 5.91 Å². The Morgan fingerprint density at radius 2 is 1.80 bits per heavy atom. The van der Waals surface area contributed by atoms with Crippen LogP contribution in [0.1, 0.15) is 11.1 Å². The lowest BCUT2D eigenvalue weighted by Gasteiger charge is -2.25. The first kappa shape index (κ1) is 13.2. The van der Waals surface area contributed by atoms with E-state index >= 15 is 0 Å². The number of halogens is 1. The molecular weight excluding hydrogens is 272 g/mol. The molecule has 4 heteroatoms. The van der Waals surface area contributed by atoms with E-state index in [4.69, 9.17) is 11.6 Å². The third-order valence-corrected chi connectivity index (χ3v) is 3.86. The standard InChI is InChI=1S/C16H15ClN2O/c17-13-7-3-4-8-14(13)19-16(20)15-9-11-5-1-2-6-12(11)10-18-15/h1-8,15,18H,9-10H2,(H,19,20)/t15-/m0/s1. The Bertz CT molecular complexity index is 642. The van der Waals surface area contributed by atoms with Crippen LogP contribution in [0.25, 0.3) is 0 Å². The molecule has 0 radical (unpaired) electrons. The summed E-state index contributed by atoms with van der Waals surface area (Å²) in [6.45, 7) is 0.719. The van der Waals surface area contributed by atoms with E-state index < -0.39 is 0 Å². The number of para-hydroxylation sites is 1. The lowest BCUT2D eigenvalue weighted by molar-refractivity contribution is -0.118. The molecule has 102 valence electrons. The largest absolute Gasteiger partial charge is 0.323 e. The van der Waals surface area contributed by atoms with Crippen molar-refractivity contribution < 1.29 is 4.79 Å². The number of hydrogen-bond donors (Lipinski definition) is 2. The summed E-state index contributed by atoms with van der Waals surface area (Å²) in [5, 5.41) is 6.69. The van der Waals surface area contributed by atoms with Crippen LogP contribution in [0.4, 0.5) is 5.69 Å². The molecule has 2 aromatic carbocycles. The smallest absolute Gasteiger partial charge is 0.241 e. The summed E-state index contributed by atoms with van der Waals surface area (Å²) in [6.07, 6.45) is 0.701. The van der Waals surface area contributed by atoms with Gasteiger partial charge in [0.25, 0.3) is 0 Å². The summed E-state index contributed by atoms with van der Waals surface area (Å²) >= 11 is 6.05. The van der Waals surface area contributed by atoms with Crippen molar-refractivity contribution in [2.24, 2.45) is 0 Å². The van der Waals surface area contributed by atoms with Gasteiger partial charge in [-0.1, -0.05) is 48.0 Å². The van der Waals surface area contributed by atoms with Crippen molar-refractivity contribution in [3.63, 3.8) is 0 Å². The zero-order chi connectivity index (χ0) is 13.9. The van der Waals surface area contributed by atoms with Gasteiger partial charge >= 0.3 is 0 Å². The molecule has 0 unspecified atom stereocenters. The van der Waals surface area contributed by atoms with Crippen molar-refractivity contribution >= 4 is 23.2 Å². The first-order valence-electron chi connectivity index (χ1n) is 6.59. The number of amides is 1. The van der Waals surface area contributed by atoms with Crippen LogP contribution >= 0.6 is 11.6 Å². The topological polar surface area (TPSA) is 41.1 Å². The summed E-state index contributed by atoms with van der Waals surface area (Å²) in [6, 6.07) is 15.2. The Morgan fingerprint density at radius 1 is 1.10 bits per heavy atom. The molecule has 1 amide bonds. The zero-order valence-corrected chi connectivity index (χ0v) is 11.7. The molecule has 0 spiro atoms. The Balaban J connectivity index is 1.72. The second-order valence-electron chi connectivity index (χ2n) is 4.88. The minimum absolute atomic E-state index is 0.0485. The molecule has 1 aliphatic rings. The molecule has 20 heavy (non-hydrogen) atoms. The van der Waals surface area contributed by atoms with Gasteiger partial charge in [-0.2, -0.15) is 0 Å². The Labute approximate surface area is 123 Å². The predicted octanol–water partition coefficient (Wildman–Crippen LogP) is 2.99. The predicted molar refractivity (Wildman–Crippen MR) is 80.9 cm³/mol. The highest BCUT2D eigenvalue weighted by Gasteiger charge is 2.24. The molecule has 2 aromatic rings. The fourth-order valence-corrected chi connectivity index (χ4v) is 2.61. The lowest BCUT2D eigenvalue weighted by atomic mass is 9.95. The number of rotatable bonds is 2. The summed E-state index contributed by atoms with van der Waals surface area (Å²) in [5.74, 6) is -0.0485. The lowest BCUT2D eigenvalue weighted by Crippen LogP contribution is -2.44. The average Bonchev–Trinajstić information content (AvgIpc) is 2.49. The maximum atomic E-state index is 12.3. The van der Waals surface area contributed by atoms with Crippen LogP contribution in [0.15, 0.2) is 48.5 Å². The van der Waals surface area contributed by atoms with E-state index in [1.165, 1.54) is 11.1 Å². The molecule has 1 aliphatic heterocycles. The second kappa shape index (κ2) is 5.65. The molecular formula is C16H15ClN2O. The van der Waals surface area contributed by atoms with Gasteiger partial charge in [0.05, 0.1) is 16.8 Å². The first-order valence-corrected chi connectivity index (χ1v) is 6.97. The molecule has 0 saturated carbocycles. The monoisotopic (exact) mass is 286 g/mol. The normalized spacial score (nSPS) is 17.4.